The van der Waals surface area contributed by atoms with Crippen molar-refractivity contribution in [3.05, 3.63) is 27.5 Å². The number of carbonyl (C=O) groups excluding carboxylic acids is 1. The minimum Gasteiger partial charge on any atom is -0.349 e. The first-order valence-corrected chi connectivity index (χ1v) is 7.46. The molecule has 1 aromatic heterocycles. The number of rotatable bonds is 2. The highest BCUT2D eigenvalue weighted by Gasteiger charge is 2.25. The van der Waals surface area contributed by atoms with Gasteiger partial charge in [-0.2, -0.15) is 0 Å². The van der Waals surface area contributed by atoms with Gasteiger partial charge in [0.15, 0.2) is 0 Å². The first-order valence-electron chi connectivity index (χ1n) is 6.29. The van der Waals surface area contributed by atoms with Crippen LogP contribution in [0.4, 0.5) is 0 Å². The van der Waals surface area contributed by atoms with Gasteiger partial charge in [0.05, 0.1) is 5.56 Å². The van der Waals surface area contributed by atoms with Crippen LogP contribution in [0.3, 0.4) is 0 Å². The van der Waals surface area contributed by atoms with E-state index in [0.29, 0.717) is 11.6 Å². The van der Waals surface area contributed by atoms with Gasteiger partial charge in [-0.1, -0.05) is 11.6 Å². The summed E-state index contributed by atoms with van der Waals surface area (Å²) in [6.45, 7) is 3.17. The standard InChI is InChI=1S/C13H17BrClN3O/c1-8-5-10(3-4-18(8)2)17-13(19)11-6-9(14)7-16-12(11)15/h6-8,10H,3-5H2,1-2H3,(H,17,19). The van der Waals surface area contributed by atoms with Crippen LogP contribution < -0.4 is 5.32 Å². The van der Waals surface area contributed by atoms with Gasteiger partial charge >= 0.3 is 0 Å². The zero-order valence-electron chi connectivity index (χ0n) is 11.0. The van der Waals surface area contributed by atoms with Crippen LogP contribution in [-0.4, -0.2) is 41.5 Å². The Balaban J connectivity index is 2.03. The molecule has 6 heteroatoms. The summed E-state index contributed by atoms with van der Waals surface area (Å²) in [5.41, 5.74) is 0.419. The number of amides is 1. The van der Waals surface area contributed by atoms with Crippen LogP contribution >= 0.6 is 27.5 Å². The normalized spacial score (nSPS) is 24.2. The van der Waals surface area contributed by atoms with Crippen molar-refractivity contribution < 1.29 is 4.79 Å². The highest BCUT2D eigenvalue weighted by atomic mass is 79.9. The lowest BCUT2D eigenvalue weighted by Crippen LogP contribution is -2.47. The van der Waals surface area contributed by atoms with E-state index in [1.165, 1.54) is 0 Å². The number of nitrogens with one attached hydrogen (secondary N) is 1. The van der Waals surface area contributed by atoms with E-state index in [-0.39, 0.29) is 17.1 Å². The van der Waals surface area contributed by atoms with Gasteiger partial charge in [-0.15, -0.1) is 0 Å². The average molecular weight is 347 g/mol. The molecule has 1 N–H and O–H groups in total. The molecule has 19 heavy (non-hydrogen) atoms. The smallest absolute Gasteiger partial charge is 0.254 e. The second-order valence-corrected chi connectivity index (χ2v) is 6.29. The van der Waals surface area contributed by atoms with Gasteiger partial charge in [-0.3, -0.25) is 4.79 Å². The molecule has 1 aliphatic rings. The summed E-state index contributed by atoms with van der Waals surface area (Å²) in [5.74, 6) is -0.152. The van der Waals surface area contributed by atoms with Gasteiger partial charge in [-0.25, -0.2) is 4.98 Å². The van der Waals surface area contributed by atoms with Crippen molar-refractivity contribution in [2.24, 2.45) is 0 Å². The van der Waals surface area contributed by atoms with Crippen LogP contribution in [0.15, 0.2) is 16.7 Å². The van der Waals surface area contributed by atoms with E-state index in [2.05, 4.69) is 45.1 Å². The van der Waals surface area contributed by atoms with Crippen LogP contribution in [0.25, 0.3) is 0 Å². The van der Waals surface area contributed by atoms with E-state index in [4.69, 9.17) is 11.6 Å². The van der Waals surface area contributed by atoms with Crippen molar-refractivity contribution in [1.82, 2.24) is 15.2 Å². The molecule has 0 aromatic carbocycles. The number of carbonyl (C=O) groups is 1. The molecule has 1 aromatic rings. The summed E-state index contributed by atoms with van der Waals surface area (Å²) in [5, 5.41) is 3.28. The molecule has 2 heterocycles. The van der Waals surface area contributed by atoms with Crippen LogP contribution in [0, 0.1) is 0 Å². The maximum atomic E-state index is 12.2. The molecule has 0 aliphatic carbocycles. The number of hydrogen-bond acceptors (Lipinski definition) is 3. The van der Waals surface area contributed by atoms with E-state index in [1.54, 1.807) is 12.3 Å². The van der Waals surface area contributed by atoms with Gasteiger partial charge in [0.25, 0.3) is 5.91 Å². The van der Waals surface area contributed by atoms with E-state index in [9.17, 15) is 4.79 Å². The van der Waals surface area contributed by atoms with Crippen molar-refractivity contribution >= 4 is 33.4 Å². The highest BCUT2D eigenvalue weighted by Crippen LogP contribution is 2.20. The van der Waals surface area contributed by atoms with E-state index < -0.39 is 0 Å². The Morgan fingerprint density at radius 2 is 2.37 bits per heavy atom. The zero-order valence-corrected chi connectivity index (χ0v) is 13.3. The molecule has 0 radical (unpaired) electrons. The Morgan fingerprint density at radius 3 is 3.05 bits per heavy atom. The summed E-state index contributed by atoms with van der Waals surface area (Å²) in [4.78, 5) is 18.5. The third kappa shape index (κ3) is 3.68. The Hall–Kier alpha value is -0.650. The quantitative estimate of drug-likeness (QED) is 0.838. The topological polar surface area (TPSA) is 45.2 Å². The lowest BCUT2D eigenvalue weighted by molar-refractivity contribution is 0.0896. The summed E-state index contributed by atoms with van der Waals surface area (Å²) in [6, 6.07) is 2.38. The Morgan fingerprint density at radius 1 is 1.63 bits per heavy atom. The van der Waals surface area contributed by atoms with Crippen LogP contribution in [0.2, 0.25) is 5.15 Å². The molecule has 2 unspecified atom stereocenters. The monoisotopic (exact) mass is 345 g/mol. The summed E-state index contributed by atoms with van der Waals surface area (Å²) >= 11 is 9.26. The maximum absolute atomic E-state index is 12.2. The fraction of sp³-hybridized carbons (Fsp3) is 0.538. The third-order valence-corrected chi connectivity index (χ3v) is 4.33. The SMILES string of the molecule is CC1CC(NC(=O)c2cc(Br)cnc2Cl)CCN1C. The number of hydrogen-bond donors (Lipinski definition) is 1. The number of pyridine rings is 1. The molecular weight excluding hydrogens is 330 g/mol. The number of nitrogens with zero attached hydrogens (tertiary/aromatic N) is 2. The van der Waals surface area contributed by atoms with Gasteiger partial charge in [-0.05, 0) is 48.8 Å². The molecule has 1 amide bonds. The molecule has 4 nitrogen and oxygen atoms in total. The van der Waals surface area contributed by atoms with Gasteiger partial charge < -0.3 is 10.2 Å². The van der Waals surface area contributed by atoms with Crippen LogP contribution in [0.1, 0.15) is 30.1 Å². The number of likely N-dealkylation sites (tertiary alicyclic amines) is 1. The summed E-state index contributed by atoms with van der Waals surface area (Å²) in [7, 11) is 2.11. The Kier molecular flexibility index (Phi) is 4.81. The second-order valence-electron chi connectivity index (χ2n) is 5.02. The number of piperidine rings is 1. The number of aromatic nitrogens is 1. The first kappa shape index (κ1) is 14.8. The van der Waals surface area contributed by atoms with Gasteiger partial charge in [0.2, 0.25) is 0 Å². The molecule has 1 fully saturated rings. The average Bonchev–Trinajstić information content (AvgIpc) is 2.36. The summed E-state index contributed by atoms with van der Waals surface area (Å²) < 4.78 is 0.749. The lowest BCUT2D eigenvalue weighted by Gasteiger charge is -2.35. The lowest BCUT2D eigenvalue weighted by atomic mass is 9.98. The van der Waals surface area contributed by atoms with E-state index in [1.807, 2.05) is 0 Å². The fourth-order valence-electron chi connectivity index (χ4n) is 2.27. The van der Waals surface area contributed by atoms with E-state index >= 15 is 0 Å². The molecule has 2 rings (SSSR count). The predicted octanol–water partition coefficient (Wildman–Crippen LogP) is 2.71. The van der Waals surface area contributed by atoms with Crippen molar-refractivity contribution in [3.63, 3.8) is 0 Å². The fourth-order valence-corrected chi connectivity index (χ4v) is 2.79. The van der Waals surface area contributed by atoms with Crippen molar-refractivity contribution in [2.45, 2.75) is 31.8 Å². The Labute approximate surface area is 126 Å². The van der Waals surface area contributed by atoms with Crippen molar-refractivity contribution in [1.29, 1.82) is 0 Å². The number of halogens is 2. The van der Waals surface area contributed by atoms with Crippen molar-refractivity contribution in [2.75, 3.05) is 13.6 Å². The highest BCUT2D eigenvalue weighted by molar-refractivity contribution is 9.10. The molecule has 2 atom stereocenters. The largest absolute Gasteiger partial charge is 0.349 e. The maximum Gasteiger partial charge on any atom is 0.254 e. The van der Waals surface area contributed by atoms with Gasteiger partial charge in [0, 0.05) is 29.3 Å². The predicted molar refractivity (Wildman–Crippen MR) is 79.5 cm³/mol. The van der Waals surface area contributed by atoms with Crippen LogP contribution in [-0.2, 0) is 0 Å². The second kappa shape index (κ2) is 6.20. The van der Waals surface area contributed by atoms with Gasteiger partial charge in [0.1, 0.15) is 5.15 Å². The first-order chi connectivity index (χ1) is 8.97. The minimum atomic E-state index is -0.152. The molecule has 0 bridgehead atoms. The molecule has 0 saturated carbocycles. The molecule has 1 saturated heterocycles. The third-order valence-electron chi connectivity index (χ3n) is 3.59. The van der Waals surface area contributed by atoms with E-state index in [0.717, 1.165) is 23.9 Å². The zero-order chi connectivity index (χ0) is 14.0. The minimum absolute atomic E-state index is 0.152. The Bertz CT molecular complexity index is 483. The molecule has 104 valence electrons. The molecular formula is C13H17BrClN3O. The molecule has 1 aliphatic heterocycles. The summed E-state index contributed by atoms with van der Waals surface area (Å²) in [6.07, 6.45) is 3.50. The van der Waals surface area contributed by atoms with Crippen molar-refractivity contribution in [3.8, 4) is 0 Å². The van der Waals surface area contributed by atoms with Crippen LogP contribution in [0.5, 0.6) is 0 Å². The molecule has 0 spiro atoms.